The lowest BCUT2D eigenvalue weighted by Gasteiger charge is -1.98. The molecule has 16 heavy (non-hydrogen) atoms. The lowest BCUT2D eigenvalue weighted by atomic mass is 10.2. The third kappa shape index (κ3) is 2.50. The van der Waals surface area contributed by atoms with Crippen molar-refractivity contribution in [2.75, 3.05) is 0 Å². The highest BCUT2D eigenvalue weighted by Crippen LogP contribution is 2.27. The maximum absolute atomic E-state index is 13.4. The number of rotatable bonds is 1. The predicted molar refractivity (Wildman–Crippen MR) is 70.4 cm³/mol. The van der Waals surface area contributed by atoms with Crippen LogP contribution in [-0.2, 0) is 4.79 Å². The first-order valence-electron chi connectivity index (χ1n) is 4.26. The third-order valence-electron chi connectivity index (χ3n) is 1.89. The molecule has 1 aromatic carbocycles. The van der Waals surface area contributed by atoms with Gasteiger partial charge in [-0.05, 0) is 24.3 Å². The van der Waals surface area contributed by atoms with Crippen LogP contribution in [0.4, 0.5) is 4.39 Å². The zero-order valence-electron chi connectivity index (χ0n) is 7.79. The molecule has 0 spiro atoms. The van der Waals surface area contributed by atoms with Gasteiger partial charge >= 0.3 is 0 Å². The molecule has 0 aliphatic carbocycles. The number of halogens is 2. The summed E-state index contributed by atoms with van der Waals surface area (Å²) in [6.45, 7) is 0. The maximum atomic E-state index is 13.4. The van der Waals surface area contributed by atoms with Crippen molar-refractivity contribution < 1.29 is 9.18 Å². The number of carbonyl (C=O) groups is 1. The molecule has 1 N–H and O–H groups in total. The standard InChI is InChI=1S/C10H5BrFNOS2/c11-6-1-2-7(12)5(3-6)4-8-9(14)13-10(15)16-8/h1-4H,(H,13,14,15)/b8-4-. The van der Waals surface area contributed by atoms with Crippen molar-refractivity contribution in [3.63, 3.8) is 0 Å². The summed E-state index contributed by atoms with van der Waals surface area (Å²) in [6.07, 6.45) is 1.49. The van der Waals surface area contributed by atoms with Crippen molar-refractivity contribution >= 4 is 56.2 Å². The van der Waals surface area contributed by atoms with Crippen molar-refractivity contribution in [3.8, 4) is 0 Å². The molecule has 2 nitrogen and oxygen atoms in total. The molecular formula is C10H5BrFNOS2. The Bertz CT molecular complexity index is 516. The van der Waals surface area contributed by atoms with Gasteiger partial charge in [-0.2, -0.15) is 0 Å². The molecule has 1 fully saturated rings. The topological polar surface area (TPSA) is 29.1 Å². The zero-order chi connectivity index (χ0) is 11.7. The fourth-order valence-electron chi connectivity index (χ4n) is 1.19. The zero-order valence-corrected chi connectivity index (χ0v) is 11.0. The number of thiocarbonyl (C=S) groups is 1. The third-order valence-corrected chi connectivity index (χ3v) is 3.54. The Morgan fingerprint density at radius 3 is 2.88 bits per heavy atom. The van der Waals surface area contributed by atoms with Crippen molar-refractivity contribution in [1.29, 1.82) is 0 Å². The van der Waals surface area contributed by atoms with Gasteiger partial charge in [0.05, 0.1) is 4.91 Å². The molecule has 0 radical (unpaired) electrons. The molecule has 1 saturated heterocycles. The van der Waals surface area contributed by atoms with E-state index in [4.69, 9.17) is 12.2 Å². The average Bonchev–Trinajstić information content (AvgIpc) is 2.51. The summed E-state index contributed by atoms with van der Waals surface area (Å²) in [4.78, 5) is 11.8. The summed E-state index contributed by atoms with van der Waals surface area (Å²) in [5, 5.41) is 2.47. The molecule has 0 unspecified atom stereocenters. The van der Waals surface area contributed by atoms with Crippen LogP contribution in [0.1, 0.15) is 5.56 Å². The number of hydrogen-bond acceptors (Lipinski definition) is 3. The van der Waals surface area contributed by atoms with Crippen LogP contribution in [-0.4, -0.2) is 10.2 Å². The second kappa shape index (κ2) is 4.65. The first-order valence-corrected chi connectivity index (χ1v) is 6.28. The number of thioether (sulfide) groups is 1. The van der Waals surface area contributed by atoms with Gasteiger partial charge < -0.3 is 5.32 Å². The van der Waals surface area contributed by atoms with E-state index in [1.807, 2.05) is 0 Å². The lowest BCUT2D eigenvalue weighted by molar-refractivity contribution is -0.115. The highest BCUT2D eigenvalue weighted by Gasteiger charge is 2.22. The van der Waals surface area contributed by atoms with Crippen LogP contribution >= 0.6 is 39.9 Å². The van der Waals surface area contributed by atoms with E-state index < -0.39 is 0 Å². The lowest BCUT2D eigenvalue weighted by Crippen LogP contribution is -2.17. The molecule has 1 heterocycles. The van der Waals surface area contributed by atoms with Crippen LogP contribution in [0.3, 0.4) is 0 Å². The van der Waals surface area contributed by atoms with Crippen LogP contribution in [0.25, 0.3) is 6.08 Å². The second-order valence-electron chi connectivity index (χ2n) is 3.02. The fraction of sp³-hybridized carbons (Fsp3) is 0. The molecule has 0 aromatic heterocycles. The van der Waals surface area contributed by atoms with Gasteiger partial charge in [-0.25, -0.2) is 4.39 Å². The van der Waals surface area contributed by atoms with E-state index >= 15 is 0 Å². The number of amides is 1. The minimum absolute atomic E-state index is 0.283. The summed E-state index contributed by atoms with van der Waals surface area (Å²) in [7, 11) is 0. The molecule has 2 rings (SSSR count). The monoisotopic (exact) mass is 317 g/mol. The predicted octanol–water partition coefficient (Wildman–Crippen LogP) is 3.08. The van der Waals surface area contributed by atoms with E-state index in [1.165, 1.54) is 12.1 Å². The Labute approximate surface area is 109 Å². The van der Waals surface area contributed by atoms with Crippen molar-refractivity contribution in [2.24, 2.45) is 0 Å². The summed E-state index contributed by atoms with van der Waals surface area (Å²) in [5.41, 5.74) is 0.358. The summed E-state index contributed by atoms with van der Waals surface area (Å²) in [5.74, 6) is -0.656. The molecular weight excluding hydrogens is 313 g/mol. The normalized spacial score (nSPS) is 18.0. The minimum Gasteiger partial charge on any atom is -0.307 e. The van der Waals surface area contributed by atoms with Gasteiger partial charge in [-0.3, -0.25) is 4.79 Å². The molecule has 1 aromatic rings. The number of hydrogen-bond donors (Lipinski definition) is 1. The first-order chi connectivity index (χ1) is 7.56. The maximum Gasteiger partial charge on any atom is 0.263 e. The Hall–Kier alpha value is -0.720. The van der Waals surface area contributed by atoms with Crippen LogP contribution in [0.5, 0.6) is 0 Å². The summed E-state index contributed by atoms with van der Waals surface area (Å²) < 4.78 is 14.6. The van der Waals surface area contributed by atoms with E-state index in [-0.39, 0.29) is 11.7 Å². The van der Waals surface area contributed by atoms with E-state index in [2.05, 4.69) is 21.2 Å². The average molecular weight is 318 g/mol. The van der Waals surface area contributed by atoms with Crippen molar-refractivity contribution in [1.82, 2.24) is 5.32 Å². The summed E-state index contributed by atoms with van der Waals surface area (Å²) in [6, 6.07) is 4.55. The highest BCUT2D eigenvalue weighted by atomic mass is 79.9. The van der Waals surface area contributed by atoms with Crippen LogP contribution in [0, 0.1) is 5.82 Å². The van der Waals surface area contributed by atoms with E-state index in [1.54, 1.807) is 12.1 Å². The Morgan fingerprint density at radius 2 is 2.25 bits per heavy atom. The van der Waals surface area contributed by atoms with Gasteiger partial charge in [-0.15, -0.1) is 0 Å². The van der Waals surface area contributed by atoms with Gasteiger partial charge in [0.1, 0.15) is 10.1 Å². The van der Waals surface area contributed by atoms with Crippen LogP contribution < -0.4 is 5.32 Å². The van der Waals surface area contributed by atoms with Gasteiger partial charge in [0.2, 0.25) is 0 Å². The quantitative estimate of drug-likeness (QED) is 0.637. The highest BCUT2D eigenvalue weighted by molar-refractivity contribution is 9.10. The van der Waals surface area contributed by atoms with Crippen molar-refractivity contribution in [2.45, 2.75) is 0 Å². The second-order valence-corrected chi connectivity index (χ2v) is 5.65. The molecule has 82 valence electrons. The molecule has 0 saturated carbocycles. The Balaban J connectivity index is 2.39. The van der Waals surface area contributed by atoms with Gasteiger partial charge in [0, 0.05) is 10.0 Å². The largest absolute Gasteiger partial charge is 0.307 e. The summed E-state index contributed by atoms with van der Waals surface area (Å²) >= 11 is 9.21. The molecule has 6 heteroatoms. The van der Waals surface area contributed by atoms with Crippen molar-refractivity contribution in [3.05, 3.63) is 39.0 Å². The minimum atomic E-state index is -0.373. The van der Waals surface area contributed by atoms with E-state index in [0.717, 1.165) is 16.2 Å². The van der Waals surface area contributed by atoms with E-state index in [0.29, 0.717) is 14.8 Å². The number of nitrogens with one attached hydrogen (secondary N) is 1. The Morgan fingerprint density at radius 1 is 1.50 bits per heavy atom. The molecule has 1 amide bonds. The fourth-order valence-corrected chi connectivity index (χ4v) is 2.60. The molecule has 1 aliphatic rings. The van der Waals surface area contributed by atoms with Crippen LogP contribution in [0.15, 0.2) is 27.6 Å². The van der Waals surface area contributed by atoms with E-state index in [9.17, 15) is 9.18 Å². The molecule has 0 bridgehead atoms. The smallest absolute Gasteiger partial charge is 0.263 e. The first kappa shape index (κ1) is 11.8. The van der Waals surface area contributed by atoms with Gasteiger partial charge in [0.25, 0.3) is 5.91 Å². The van der Waals surface area contributed by atoms with Gasteiger partial charge in [-0.1, -0.05) is 39.9 Å². The SMILES string of the molecule is O=C1NC(=S)S/C1=C\c1cc(Br)ccc1F. The van der Waals surface area contributed by atoms with Gasteiger partial charge in [0.15, 0.2) is 0 Å². The molecule has 1 aliphatic heterocycles. The molecule has 0 atom stereocenters. The Kier molecular flexibility index (Phi) is 3.41. The van der Waals surface area contributed by atoms with Crippen LogP contribution in [0.2, 0.25) is 0 Å². The number of benzene rings is 1. The number of carbonyl (C=O) groups excluding carboxylic acids is 1.